The van der Waals surface area contributed by atoms with E-state index in [2.05, 4.69) is 0 Å². The molecule has 0 radical (unpaired) electrons. The number of ether oxygens (including phenoxy) is 7. The predicted molar refractivity (Wildman–Crippen MR) is 151 cm³/mol. The first-order valence-electron chi connectivity index (χ1n) is 13.8. The van der Waals surface area contributed by atoms with Crippen molar-refractivity contribution in [3.8, 4) is 17.2 Å². The molecule has 0 aliphatic carbocycles. The van der Waals surface area contributed by atoms with Crippen LogP contribution in [0.4, 0.5) is 0 Å². The minimum atomic E-state index is -1.50. The molecule has 0 aromatic heterocycles. The van der Waals surface area contributed by atoms with Crippen LogP contribution in [0.25, 0.3) is 0 Å². The number of phenols is 1. The van der Waals surface area contributed by atoms with Gasteiger partial charge in [0.15, 0.2) is 18.0 Å². The maximum atomic E-state index is 13.0. The number of Topliss-reactive ketones (excluding diaryl/α,β-unsaturated/α-hetero) is 1. The largest absolute Gasteiger partial charge is 0.507 e. The van der Waals surface area contributed by atoms with E-state index in [1.165, 1.54) is 18.2 Å². The number of ketones is 1. The van der Waals surface area contributed by atoms with Crippen molar-refractivity contribution < 1.29 is 62.2 Å². The van der Waals surface area contributed by atoms with Gasteiger partial charge < -0.3 is 38.3 Å². The fourth-order valence-electron chi connectivity index (χ4n) is 4.48. The second kappa shape index (κ2) is 15.2. The lowest BCUT2D eigenvalue weighted by atomic mass is 9.98. The highest BCUT2D eigenvalue weighted by atomic mass is 16.7. The summed E-state index contributed by atoms with van der Waals surface area (Å²) in [6.07, 6.45) is -6.92. The summed E-state index contributed by atoms with van der Waals surface area (Å²) in [7, 11) is 0. The molecule has 0 bridgehead atoms. The van der Waals surface area contributed by atoms with Gasteiger partial charge in [0, 0.05) is 40.2 Å². The zero-order valence-corrected chi connectivity index (χ0v) is 25.3. The molecule has 44 heavy (non-hydrogen) atoms. The summed E-state index contributed by atoms with van der Waals surface area (Å²) in [5, 5.41) is 10.7. The molecule has 13 nitrogen and oxygen atoms in total. The van der Waals surface area contributed by atoms with Gasteiger partial charge in [-0.15, -0.1) is 0 Å². The number of carbonyl (C=O) groups excluding carboxylic acids is 5. The van der Waals surface area contributed by atoms with Crippen molar-refractivity contribution in [2.24, 2.45) is 0 Å². The number of esters is 4. The van der Waals surface area contributed by atoms with E-state index in [4.69, 9.17) is 33.2 Å². The number of hydrogen-bond acceptors (Lipinski definition) is 13. The van der Waals surface area contributed by atoms with E-state index in [9.17, 15) is 29.1 Å². The molecule has 13 heteroatoms. The normalized spacial score (nSPS) is 21.1. The fourth-order valence-corrected chi connectivity index (χ4v) is 4.48. The second-order valence-electron chi connectivity index (χ2n) is 10.3. The predicted octanol–water partition coefficient (Wildman–Crippen LogP) is 3.07. The van der Waals surface area contributed by atoms with Gasteiger partial charge in [0.2, 0.25) is 12.4 Å². The van der Waals surface area contributed by atoms with Crippen molar-refractivity contribution in [1.82, 2.24) is 0 Å². The lowest BCUT2D eigenvalue weighted by Gasteiger charge is -2.43. The number of phenolic OH excluding ortho intramolecular Hbond substituents is 1. The minimum Gasteiger partial charge on any atom is -0.507 e. The molecule has 2 aromatic rings. The van der Waals surface area contributed by atoms with Crippen LogP contribution in [-0.2, 0) is 49.3 Å². The van der Waals surface area contributed by atoms with Gasteiger partial charge >= 0.3 is 23.9 Å². The molecule has 1 N–H and O–H groups in total. The Hall–Kier alpha value is -4.65. The molecule has 1 aliphatic heterocycles. The van der Waals surface area contributed by atoms with Crippen molar-refractivity contribution in [3.05, 3.63) is 53.6 Å². The van der Waals surface area contributed by atoms with E-state index < -0.39 is 66.9 Å². The van der Waals surface area contributed by atoms with Gasteiger partial charge in [0.05, 0.1) is 11.7 Å². The molecule has 0 spiro atoms. The summed E-state index contributed by atoms with van der Waals surface area (Å²) in [5.41, 5.74) is 0.740. The third-order valence-corrected chi connectivity index (χ3v) is 6.13. The van der Waals surface area contributed by atoms with Crippen LogP contribution in [0.3, 0.4) is 0 Å². The van der Waals surface area contributed by atoms with E-state index in [0.717, 1.165) is 27.7 Å². The van der Waals surface area contributed by atoms with Crippen molar-refractivity contribution >= 4 is 29.7 Å². The summed E-state index contributed by atoms with van der Waals surface area (Å²) in [6.45, 7) is 7.85. The quantitative estimate of drug-likeness (QED) is 0.210. The summed E-state index contributed by atoms with van der Waals surface area (Å²) in [4.78, 5) is 60.4. The topological polar surface area (TPSA) is 170 Å². The van der Waals surface area contributed by atoms with E-state index in [0.29, 0.717) is 11.3 Å². The molecular formula is C31H36O13. The molecule has 1 saturated heterocycles. The van der Waals surface area contributed by atoms with Gasteiger partial charge in [-0.25, -0.2) is 0 Å². The van der Waals surface area contributed by atoms with Crippen LogP contribution in [0.1, 0.15) is 57.5 Å². The molecule has 2 aromatic carbocycles. The van der Waals surface area contributed by atoms with Crippen LogP contribution < -0.4 is 9.47 Å². The zero-order chi connectivity index (χ0) is 32.6. The Labute approximate surface area is 254 Å². The summed E-state index contributed by atoms with van der Waals surface area (Å²) in [5.74, 6) is -3.11. The standard InChI is InChI=1S/C31H36O13/c1-16(2)39-22-9-7-21(8-10-22)13-25(36)24-12-11-23(14-26(24)37)43-31-30(42-20(6)35)29(41-19(5)34)28(40-18(4)33)27(44-31)15-38-17(3)32/h7-12,14,16,27-31,37H,13,15H2,1-6H3. The number of rotatable bonds is 12. The highest BCUT2D eigenvalue weighted by Gasteiger charge is 2.53. The van der Waals surface area contributed by atoms with Crippen LogP contribution in [0, 0.1) is 0 Å². The van der Waals surface area contributed by atoms with Crippen molar-refractivity contribution in [1.29, 1.82) is 0 Å². The van der Waals surface area contributed by atoms with Crippen molar-refractivity contribution in [3.63, 3.8) is 0 Å². The Morgan fingerprint density at radius 2 is 1.34 bits per heavy atom. The van der Waals surface area contributed by atoms with Crippen LogP contribution in [0.2, 0.25) is 0 Å². The second-order valence-corrected chi connectivity index (χ2v) is 10.3. The minimum absolute atomic E-state index is 0.00450. The van der Waals surface area contributed by atoms with E-state index in [1.807, 2.05) is 13.8 Å². The van der Waals surface area contributed by atoms with E-state index in [1.54, 1.807) is 24.3 Å². The first-order chi connectivity index (χ1) is 20.7. The zero-order valence-electron chi connectivity index (χ0n) is 25.3. The summed E-state index contributed by atoms with van der Waals surface area (Å²) < 4.78 is 38.6. The smallest absolute Gasteiger partial charge is 0.303 e. The monoisotopic (exact) mass is 616 g/mol. The molecule has 0 amide bonds. The first-order valence-corrected chi connectivity index (χ1v) is 13.8. The Kier molecular flexibility index (Phi) is 11.7. The maximum absolute atomic E-state index is 13.0. The van der Waals surface area contributed by atoms with Gasteiger partial charge in [0.25, 0.3) is 0 Å². The van der Waals surface area contributed by atoms with Gasteiger partial charge in [0.1, 0.15) is 30.0 Å². The lowest BCUT2D eigenvalue weighted by Crippen LogP contribution is -2.63. The summed E-state index contributed by atoms with van der Waals surface area (Å²) >= 11 is 0. The van der Waals surface area contributed by atoms with Crippen LogP contribution in [0.5, 0.6) is 17.2 Å². The lowest BCUT2D eigenvalue weighted by molar-refractivity contribution is -0.288. The molecule has 5 atom stereocenters. The third kappa shape index (κ3) is 9.69. The Balaban J connectivity index is 1.86. The molecule has 3 rings (SSSR count). The van der Waals surface area contributed by atoms with Crippen molar-refractivity contribution in [2.75, 3.05) is 6.61 Å². The Morgan fingerprint density at radius 1 is 0.773 bits per heavy atom. The molecule has 1 aliphatic rings. The van der Waals surface area contributed by atoms with Crippen molar-refractivity contribution in [2.45, 2.75) is 84.8 Å². The fraction of sp³-hybridized carbons (Fsp3) is 0.452. The Morgan fingerprint density at radius 3 is 1.89 bits per heavy atom. The maximum Gasteiger partial charge on any atom is 0.303 e. The average Bonchev–Trinajstić information content (AvgIpc) is 2.91. The summed E-state index contributed by atoms with van der Waals surface area (Å²) in [6, 6.07) is 10.9. The third-order valence-electron chi connectivity index (χ3n) is 6.13. The Bertz CT molecular complexity index is 1350. The highest BCUT2D eigenvalue weighted by molar-refractivity contribution is 6.00. The van der Waals surface area contributed by atoms with E-state index >= 15 is 0 Å². The highest BCUT2D eigenvalue weighted by Crippen LogP contribution is 2.33. The first kappa shape index (κ1) is 33.8. The van der Waals surface area contributed by atoms with Crippen LogP contribution >= 0.6 is 0 Å². The molecular weight excluding hydrogens is 580 g/mol. The number of carbonyl (C=O) groups is 5. The number of aromatic hydroxyl groups is 1. The molecule has 1 heterocycles. The van der Waals surface area contributed by atoms with Gasteiger partial charge in [-0.2, -0.15) is 0 Å². The average molecular weight is 617 g/mol. The SMILES string of the molecule is CC(=O)OCC1OC(Oc2ccc(C(=O)Cc3ccc(OC(C)C)cc3)c(O)c2)C(OC(C)=O)C(OC(C)=O)C1OC(C)=O. The number of benzene rings is 2. The van der Waals surface area contributed by atoms with Crippen LogP contribution in [-0.4, -0.2) is 78.2 Å². The van der Waals surface area contributed by atoms with E-state index in [-0.39, 0.29) is 29.6 Å². The van der Waals surface area contributed by atoms with Gasteiger partial charge in [-0.3, -0.25) is 24.0 Å². The van der Waals surface area contributed by atoms with Gasteiger partial charge in [-0.1, -0.05) is 12.1 Å². The molecule has 1 fully saturated rings. The molecule has 5 unspecified atom stereocenters. The van der Waals surface area contributed by atoms with Gasteiger partial charge in [-0.05, 0) is 43.7 Å². The van der Waals surface area contributed by atoms with Crippen LogP contribution in [0.15, 0.2) is 42.5 Å². The molecule has 0 saturated carbocycles. The molecule has 238 valence electrons. The number of hydrogen-bond donors (Lipinski definition) is 1.